The molecule has 1 aromatic heterocycles. The van der Waals surface area contributed by atoms with Gasteiger partial charge in [0, 0.05) is 18.0 Å². The zero-order valence-electron chi connectivity index (χ0n) is 15.8. The van der Waals surface area contributed by atoms with Crippen molar-refractivity contribution in [1.82, 2.24) is 10.5 Å². The Morgan fingerprint density at radius 3 is 2.50 bits per heavy atom. The lowest BCUT2D eigenvalue weighted by Crippen LogP contribution is -2.39. The van der Waals surface area contributed by atoms with E-state index in [2.05, 4.69) is 15.8 Å². The Kier molecular flexibility index (Phi) is 6.72. The third-order valence-electron chi connectivity index (χ3n) is 5.00. The van der Waals surface area contributed by atoms with Crippen molar-refractivity contribution in [2.24, 2.45) is 0 Å². The van der Waals surface area contributed by atoms with Crippen molar-refractivity contribution in [3.8, 4) is 0 Å². The summed E-state index contributed by atoms with van der Waals surface area (Å²) in [4.78, 5) is 24.1. The van der Waals surface area contributed by atoms with Gasteiger partial charge in [-0.3, -0.25) is 9.59 Å². The molecule has 6 nitrogen and oxygen atoms in total. The van der Waals surface area contributed by atoms with E-state index < -0.39 is 0 Å². The first-order chi connectivity index (χ1) is 13.5. The van der Waals surface area contributed by atoms with E-state index in [9.17, 15) is 14.0 Å². The number of halogens is 1. The summed E-state index contributed by atoms with van der Waals surface area (Å²) in [5.74, 6) is 0.747. The largest absolute Gasteiger partial charge is 0.360 e. The van der Waals surface area contributed by atoms with Crippen LogP contribution in [0.1, 0.15) is 37.0 Å². The predicted molar refractivity (Wildman–Crippen MR) is 107 cm³/mol. The van der Waals surface area contributed by atoms with Crippen molar-refractivity contribution >= 4 is 29.4 Å². The lowest BCUT2D eigenvalue weighted by atomic mass is 9.79. The minimum Gasteiger partial charge on any atom is -0.360 e. The molecule has 1 heterocycles. The monoisotopic (exact) mass is 405 g/mol. The minimum absolute atomic E-state index is 0.108. The smallest absolute Gasteiger partial charge is 0.235 e. The summed E-state index contributed by atoms with van der Waals surface area (Å²) in [6.45, 7) is 2.27. The number of rotatable bonds is 8. The molecule has 8 heteroatoms. The SMILES string of the molecule is Cc1cc(NC(=O)CSCC(=O)NCC2(c3ccc(F)cc3)CCCC2)no1. The van der Waals surface area contributed by atoms with E-state index in [1.54, 1.807) is 13.0 Å². The average Bonchev–Trinajstić information content (AvgIpc) is 3.30. The highest BCUT2D eigenvalue weighted by Crippen LogP contribution is 2.40. The Labute approximate surface area is 167 Å². The molecule has 0 saturated heterocycles. The molecule has 1 aliphatic carbocycles. The van der Waals surface area contributed by atoms with Gasteiger partial charge in [0.25, 0.3) is 0 Å². The number of carbonyl (C=O) groups excluding carboxylic acids is 2. The van der Waals surface area contributed by atoms with Gasteiger partial charge in [-0.15, -0.1) is 11.8 Å². The van der Waals surface area contributed by atoms with Crippen LogP contribution in [0.25, 0.3) is 0 Å². The van der Waals surface area contributed by atoms with Crippen LogP contribution in [0.4, 0.5) is 10.2 Å². The first-order valence-corrected chi connectivity index (χ1v) is 10.5. The van der Waals surface area contributed by atoms with Gasteiger partial charge in [0.2, 0.25) is 11.8 Å². The highest BCUT2D eigenvalue weighted by molar-refractivity contribution is 8.00. The van der Waals surface area contributed by atoms with Gasteiger partial charge in [0.1, 0.15) is 11.6 Å². The topological polar surface area (TPSA) is 84.2 Å². The lowest BCUT2D eigenvalue weighted by Gasteiger charge is -2.30. The summed E-state index contributed by atoms with van der Waals surface area (Å²) >= 11 is 1.24. The molecule has 1 fully saturated rings. The molecular weight excluding hydrogens is 381 g/mol. The van der Waals surface area contributed by atoms with E-state index in [1.807, 2.05) is 12.1 Å². The Morgan fingerprint density at radius 2 is 1.86 bits per heavy atom. The molecule has 0 radical (unpaired) electrons. The number of hydrogen-bond acceptors (Lipinski definition) is 5. The second-order valence-corrected chi connectivity index (χ2v) is 8.12. The quantitative estimate of drug-likeness (QED) is 0.703. The maximum absolute atomic E-state index is 13.2. The molecule has 0 atom stereocenters. The average molecular weight is 405 g/mol. The van der Waals surface area contributed by atoms with Crippen molar-refractivity contribution in [2.75, 3.05) is 23.4 Å². The molecule has 2 aromatic rings. The molecule has 2 amide bonds. The molecule has 1 aliphatic rings. The fraction of sp³-hybridized carbons (Fsp3) is 0.450. The highest BCUT2D eigenvalue weighted by atomic mass is 32.2. The summed E-state index contributed by atoms with van der Waals surface area (Å²) in [7, 11) is 0. The Morgan fingerprint density at radius 1 is 1.18 bits per heavy atom. The van der Waals surface area contributed by atoms with E-state index in [1.165, 1.54) is 23.9 Å². The van der Waals surface area contributed by atoms with Crippen LogP contribution in [0, 0.1) is 12.7 Å². The van der Waals surface area contributed by atoms with E-state index in [4.69, 9.17) is 4.52 Å². The van der Waals surface area contributed by atoms with Crippen LogP contribution in [0.2, 0.25) is 0 Å². The van der Waals surface area contributed by atoms with Crippen LogP contribution in [-0.4, -0.2) is 35.0 Å². The maximum atomic E-state index is 13.2. The van der Waals surface area contributed by atoms with Crippen molar-refractivity contribution in [3.63, 3.8) is 0 Å². The second-order valence-electron chi connectivity index (χ2n) is 7.13. The molecule has 0 bridgehead atoms. The van der Waals surface area contributed by atoms with Gasteiger partial charge in [-0.1, -0.05) is 30.1 Å². The number of benzene rings is 1. The first kappa shape index (κ1) is 20.4. The maximum Gasteiger partial charge on any atom is 0.235 e. The summed E-state index contributed by atoms with van der Waals surface area (Å²) in [6.07, 6.45) is 4.16. The summed E-state index contributed by atoms with van der Waals surface area (Å²) in [6, 6.07) is 8.21. The van der Waals surface area contributed by atoms with Gasteiger partial charge < -0.3 is 15.2 Å². The van der Waals surface area contributed by atoms with Gasteiger partial charge in [-0.05, 0) is 37.5 Å². The molecule has 2 N–H and O–H groups in total. The van der Waals surface area contributed by atoms with E-state index in [0.29, 0.717) is 18.1 Å². The van der Waals surface area contributed by atoms with E-state index >= 15 is 0 Å². The number of anilines is 1. The Bertz CT molecular complexity index is 816. The predicted octanol–water partition coefficient (Wildman–Crippen LogP) is 3.42. The third kappa shape index (κ3) is 5.34. The molecule has 150 valence electrons. The second kappa shape index (κ2) is 9.23. The number of thioether (sulfide) groups is 1. The van der Waals surface area contributed by atoms with Crippen LogP contribution in [-0.2, 0) is 15.0 Å². The summed E-state index contributed by atoms with van der Waals surface area (Å²) in [5.41, 5.74) is 0.942. The van der Waals surface area contributed by atoms with Crippen LogP contribution >= 0.6 is 11.8 Å². The molecule has 1 aromatic carbocycles. The van der Waals surface area contributed by atoms with Crippen LogP contribution in [0.3, 0.4) is 0 Å². The lowest BCUT2D eigenvalue weighted by molar-refractivity contribution is -0.118. The van der Waals surface area contributed by atoms with Crippen molar-refractivity contribution < 1.29 is 18.5 Å². The van der Waals surface area contributed by atoms with Crippen LogP contribution in [0.5, 0.6) is 0 Å². The summed E-state index contributed by atoms with van der Waals surface area (Å²) < 4.78 is 18.1. The molecular formula is C20H24FN3O3S. The van der Waals surface area contributed by atoms with Crippen molar-refractivity contribution in [1.29, 1.82) is 0 Å². The molecule has 3 rings (SSSR count). The number of nitrogens with one attached hydrogen (secondary N) is 2. The minimum atomic E-state index is -0.253. The van der Waals surface area contributed by atoms with Crippen molar-refractivity contribution in [2.45, 2.75) is 38.0 Å². The molecule has 0 aliphatic heterocycles. The number of amides is 2. The highest BCUT2D eigenvalue weighted by Gasteiger charge is 2.35. The fourth-order valence-corrected chi connectivity index (χ4v) is 4.23. The van der Waals surface area contributed by atoms with E-state index in [0.717, 1.165) is 31.2 Å². The van der Waals surface area contributed by atoms with Gasteiger partial charge in [0.15, 0.2) is 5.82 Å². The molecule has 28 heavy (non-hydrogen) atoms. The number of aromatic nitrogens is 1. The normalized spacial score (nSPS) is 15.4. The zero-order chi connectivity index (χ0) is 20.0. The van der Waals surface area contributed by atoms with E-state index in [-0.39, 0.29) is 34.6 Å². The van der Waals surface area contributed by atoms with Gasteiger partial charge >= 0.3 is 0 Å². The molecule has 0 unspecified atom stereocenters. The number of nitrogens with zero attached hydrogens (tertiary/aromatic N) is 1. The van der Waals surface area contributed by atoms with Gasteiger partial charge in [-0.25, -0.2) is 4.39 Å². The van der Waals surface area contributed by atoms with Crippen LogP contribution in [0.15, 0.2) is 34.9 Å². The molecule has 0 spiro atoms. The van der Waals surface area contributed by atoms with Crippen LogP contribution < -0.4 is 10.6 Å². The zero-order valence-corrected chi connectivity index (χ0v) is 16.6. The number of carbonyl (C=O) groups is 2. The summed E-state index contributed by atoms with van der Waals surface area (Å²) in [5, 5.41) is 9.31. The Hall–Kier alpha value is -2.35. The first-order valence-electron chi connectivity index (χ1n) is 9.30. The van der Waals surface area contributed by atoms with Gasteiger partial charge in [0.05, 0.1) is 11.5 Å². The third-order valence-corrected chi connectivity index (χ3v) is 5.94. The number of hydrogen-bond donors (Lipinski definition) is 2. The standard InChI is InChI=1S/C20H24FN3O3S/c1-14-10-17(24-27-14)23-19(26)12-28-11-18(25)22-13-20(8-2-3-9-20)15-4-6-16(21)7-5-15/h4-7,10H,2-3,8-9,11-13H2,1H3,(H,22,25)(H,23,24,26). The fourth-order valence-electron chi connectivity index (χ4n) is 3.58. The van der Waals surface area contributed by atoms with Crippen molar-refractivity contribution in [3.05, 3.63) is 47.5 Å². The number of aryl methyl sites for hydroxylation is 1. The van der Waals surface area contributed by atoms with Gasteiger partial charge in [-0.2, -0.15) is 0 Å². The molecule has 1 saturated carbocycles. The Balaban J connectivity index is 1.43.